The van der Waals surface area contributed by atoms with Gasteiger partial charge >= 0.3 is 5.97 Å². The predicted octanol–water partition coefficient (Wildman–Crippen LogP) is 6.41. The third-order valence-electron chi connectivity index (χ3n) is 7.19. The molecule has 0 amide bonds. The minimum Gasteiger partial charge on any atom is -0.478 e. The molecule has 0 radical (unpaired) electrons. The number of aryl methyl sites for hydroxylation is 2. The van der Waals surface area contributed by atoms with Crippen molar-refractivity contribution in [3.8, 4) is 11.3 Å². The van der Waals surface area contributed by atoms with E-state index in [-0.39, 0.29) is 0 Å². The second-order valence-electron chi connectivity index (χ2n) is 8.89. The zero-order chi connectivity index (χ0) is 20.2. The number of para-hydroxylation sites is 1. The lowest BCUT2D eigenvalue weighted by Crippen LogP contribution is -2.11. The highest BCUT2D eigenvalue weighted by Crippen LogP contribution is 2.46. The van der Waals surface area contributed by atoms with Gasteiger partial charge in [0, 0.05) is 41.1 Å². The van der Waals surface area contributed by atoms with Crippen LogP contribution in [-0.2, 0) is 13.1 Å². The molecule has 1 N–H and O–H groups in total. The summed E-state index contributed by atoms with van der Waals surface area (Å²) < 4.78 is 4.83. The lowest BCUT2D eigenvalue weighted by atomic mass is 9.81. The summed E-state index contributed by atoms with van der Waals surface area (Å²) in [7, 11) is 0. The second-order valence-corrected chi connectivity index (χ2v) is 8.89. The number of nitrogens with zero attached hydrogens (tertiary/aromatic N) is 2. The number of fused-ring (bicyclic) bond motifs is 4. The number of carboxylic acid groups (broad SMARTS) is 1. The zero-order valence-electron chi connectivity index (χ0n) is 17.1. The molecule has 1 aliphatic carbocycles. The van der Waals surface area contributed by atoms with Crippen LogP contribution in [0.5, 0.6) is 0 Å². The molecule has 4 nitrogen and oxygen atoms in total. The van der Waals surface area contributed by atoms with E-state index in [4.69, 9.17) is 0 Å². The Morgan fingerprint density at radius 2 is 1.83 bits per heavy atom. The van der Waals surface area contributed by atoms with Crippen LogP contribution in [0.3, 0.4) is 0 Å². The number of aromatic nitrogens is 2. The number of carbonyl (C=O) groups is 1. The van der Waals surface area contributed by atoms with Crippen LogP contribution in [0.25, 0.3) is 33.1 Å². The van der Waals surface area contributed by atoms with Gasteiger partial charge in [0.05, 0.1) is 16.8 Å². The first-order chi connectivity index (χ1) is 14.7. The van der Waals surface area contributed by atoms with Gasteiger partial charge in [0.15, 0.2) is 0 Å². The van der Waals surface area contributed by atoms with Gasteiger partial charge in [-0.1, -0.05) is 43.5 Å². The van der Waals surface area contributed by atoms with Crippen LogP contribution in [0.2, 0.25) is 0 Å². The molecule has 0 saturated heterocycles. The SMILES string of the molecule is O=C(O)c1ccc2c(C3CCCCC3)c3n(c2c1)CCCn1ccc2cccc-3c21. The Balaban J connectivity index is 1.73. The van der Waals surface area contributed by atoms with E-state index in [1.807, 2.05) is 6.07 Å². The highest BCUT2D eigenvalue weighted by atomic mass is 16.4. The van der Waals surface area contributed by atoms with E-state index >= 15 is 0 Å². The monoisotopic (exact) mass is 398 g/mol. The van der Waals surface area contributed by atoms with Gasteiger partial charge in [-0.25, -0.2) is 4.79 Å². The van der Waals surface area contributed by atoms with Crippen molar-refractivity contribution in [2.24, 2.45) is 0 Å². The van der Waals surface area contributed by atoms with Crippen molar-refractivity contribution in [1.82, 2.24) is 9.13 Å². The van der Waals surface area contributed by atoms with Gasteiger partial charge < -0.3 is 14.2 Å². The fourth-order valence-corrected chi connectivity index (χ4v) is 5.87. The molecule has 1 saturated carbocycles. The summed E-state index contributed by atoms with van der Waals surface area (Å²) in [4.78, 5) is 11.7. The summed E-state index contributed by atoms with van der Waals surface area (Å²) in [6, 6.07) is 14.6. The molecule has 0 atom stereocenters. The molecule has 0 spiro atoms. The minimum atomic E-state index is -0.853. The molecule has 0 unspecified atom stereocenters. The van der Waals surface area contributed by atoms with E-state index in [1.165, 1.54) is 65.2 Å². The zero-order valence-corrected chi connectivity index (χ0v) is 17.1. The summed E-state index contributed by atoms with van der Waals surface area (Å²) in [5.41, 5.74) is 6.85. The Hall–Kier alpha value is -3.01. The first-order valence-electron chi connectivity index (χ1n) is 11.2. The summed E-state index contributed by atoms with van der Waals surface area (Å²) >= 11 is 0. The Morgan fingerprint density at radius 1 is 0.967 bits per heavy atom. The van der Waals surface area contributed by atoms with Crippen molar-refractivity contribution in [1.29, 1.82) is 0 Å². The smallest absolute Gasteiger partial charge is 0.335 e. The van der Waals surface area contributed by atoms with Gasteiger partial charge in [-0.15, -0.1) is 0 Å². The quantitative estimate of drug-likeness (QED) is 0.424. The second kappa shape index (κ2) is 6.76. The Morgan fingerprint density at radius 3 is 2.67 bits per heavy atom. The minimum absolute atomic E-state index is 0.377. The summed E-state index contributed by atoms with van der Waals surface area (Å²) in [6.07, 6.45) is 9.60. The standard InChI is InChI=1S/C26H26N2O2/c29-26(30)19-10-11-20-22(16-19)28-14-5-13-27-15-12-18-8-4-9-21(24(18)27)25(28)23(20)17-6-2-1-3-7-17/h4,8-12,15-17H,1-3,5-7,13-14H2,(H,29,30). The van der Waals surface area contributed by atoms with Crippen molar-refractivity contribution in [2.45, 2.75) is 57.5 Å². The Kier molecular flexibility index (Phi) is 4.02. The van der Waals surface area contributed by atoms with Crippen LogP contribution in [0, 0.1) is 0 Å². The molecule has 3 heterocycles. The van der Waals surface area contributed by atoms with Crippen molar-refractivity contribution in [3.05, 3.63) is 59.8 Å². The fourth-order valence-electron chi connectivity index (χ4n) is 5.87. The van der Waals surface area contributed by atoms with Crippen LogP contribution in [0.4, 0.5) is 0 Å². The molecule has 4 aromatic rings. The van der Waals surface area contributed by atoms with E-state index in [9.17, 15) is 9.90 Å². The number of aromatic carboxylic acids is 1. The number of carboxylic acids is 1. The molecule has 0 bridgehead atoms. The molecular weight excluding hydrogens is 372 g/mol. The first kappa shape index (κ1) is 17.8. The van der Waals surface area contributed by atoms with Gasteiger partial charge in [0.25, 0.3) is 0 Å². The topological polar surface area (TPSA) is 47.2 Å². The van der Waals surface area contributed by atoms with Crippen LogP contribution < -0.4 is 0 Å². The van der Waals surface area contributed by atoms with Gasteiger partial charge in [-0.05, 0) is 48.9 Å². The fraction of sp³-hybridized carbons (Fsp3) is 0.346. The third kappa shape index (κ3) is 2.56. The summed E-state index contributed by atoms with van der Waals surface area (Å²) in [6.45, 7) is 1.90. The normalized spacial score (nSPS) is 17.1. The number of hydrogen-bond acceptors (Lipinski definition) is 1. The predicted molar refractivity (Wildman–Crippen MR) is 120 cm³/mol. The van der Waals surface area contributed by atoms with Crippen molar-refractivity contribution < 1.29 is 9.90 Å². The van der Waals surface area contributed by atoms with Gasteiger partial charge in [0.1, 0.15) is 0 Å². The van der Waals surface area contributed by atoms with E-state index < -0.39 is 5.97 Å². The lowest BCUT2D eigenvalue weighted by molar-refractivity contribution is 0.0697. The van der Waals surface area contributed by atoms with Gasteiger partial charge in [0.2, 0.25) is 0 Å². The molecule has 152 valence electrons. The Bertz CT molecular complexity index is 1290. The Labute approximate surface area is 175 Å². The van der Waals surface area contributed by atoms with Crippen LogP contribution in [0.1, 0.15) is 60.4 Å². The molecule has 6 rings (SSSR count). The average molecular weight is 399 g/mol. The van der Waals surface area contributed by atoms with Gasteiger partial charge in [-0.2, -0.15) is 0 Å². The number of rotatable bonds is 2. The van der Waals surface area contributed by atoms with Crippen molar-refractivity contribution >= 4 is 27.8 Å². The third-order valence-corrected chi connectivity index (χ3v) is 7.19. The molecular formula is C26H26N2O2. The molecule has 2 aromatic carbocycles. The largest absolute Gasteiger partial charge is 0.478 e. The van der Waals surface area contributed by atoms with E-state index in [2.05, 4.69) is 45.7 Å². The van der Waals surface area contributed by atoms with Crippen molar-refractivity contribution in [3.63, 3.8) is 0 Å². The maximum Gasteiger partial charge on any atom is 0.335 e. The molecule has 1 fully saturated rings. The molecule has 2 aromatic heterocycles. The first-order valence-corrected chi connectivity index (χ1v) is 11.2. The van der Waals surface area contributed by atoms with Crippen molar-refractivity contribution in [2.75, 3.05) is 0 Å². The van der Waals surface area contributed by atoms with Gasteiger partial charge in [-0.3, -0.25) is 0 Å². The molecule has 30 heavy (non-hydrogen) atoms. The average Bonchev–Trinajstić information content (AvgIpc) is 3.31. The maximum atomic E-state index is 11.7. The highest BCUT2D eigenvalue weighted by molar-refractivity contribution is 6.02. The van der Waals surface area contributed by atoms with Crippen LogP contribution in [-0.4, -0.2) is 20.2 Å². The molecule has 4 heteroatoms. The maximum absolute atomic E-state index is 11.7. The highest BCUT2D eigenvalue weighted by Gasteiger charge is 2.28. The summed E-state index contributed by atoms with van der Waals surface area (Å²) in [5, 5.41) is 12.2. The van der Waals surface area contributed by atoms with Crippen LogP contribution >= 0.6 is 0 Å². The molecule has 2 aliphatic rings. The van der Waals surface area contributed by atoms with E-state index in [0.717, 1.165) is 25.0 Å². The summed E-state index contributed by atoms with van der Waals surface area (Å²) in [5.74, 6) is -0.306. The number of hydrogen-bond donors (Lipinski definition) is 1. The lowest BCUT2D eigenvalue weighted by Gasteiger charge is -2.25. The number of benzene rings is 2. The van der Waals surface area contributed by atoms with E-state index in [0.29, 0.717) is 11.5 Å². The van der Waals surface area contributed by atoms with E-state index in [1.54, 1.807) is 6.07 Å². The molecule has 1 aliphatic heterocycles. The van der Waals surface area contributed by atoms with Crippen LogP contribution in [0.15, 0.2) is 48.7 Å².